The van der Waals surface area contributed by atoms with Gasteiger partial charge < -0.3 is 19.7 Å². The number of para-hydroxylation sites is 2. The number of amides is 2. The van der Waals surface area contributed by atoms with E-state index in [1.54, 1.807) is 81.6 Å². The predicted molar refractivity (Wildman–Crippen MR) is 160 cm³/mol. The second-order valence-corrected chi connectivity index (χ2v) is 11.3. The maximum Gasteiger partial charge on any atom is 0.264 e. The Morgan fingerprint density at radius 3 is 2.34 bits per heavy atom. The molecular weight excluding hydrogens is 542 g/mol. The molecule has 0 radical (unpaired) electrons. The molecule has 3 rings (SSSR count). The highest BCUT2D eigenvalue weighted by Gasteiger charge is 2.33. The van der Waals surface area contributed by atoms with E-state index in [2.05, 4.69) is 5.32 Å². The summed E-state index contributed by atoms with van der Waals surface area (Å²) in [5.41, 5.74) is 0.964. The quantitative estimate of drug-likeness (QED) is 0.263. The molecule has 0 aliphatic carbocycles. The number of anilines is 1. The lowest BCUT2D eigenvalue weighted by molar-refractivity contribution is -0.139. The SMILES string of the molecule is CCCCNC(=O)C(C)N(Cc1cccc(OC)c1)C(=O)CN(c1ccccc1OCC)S(=O)(=O)c1ccccc1. The first kappa shape index (κ1) is 31.5. The van der Waals surface area contributed by atoms with Crippen molar-refractivity contribution in [3.05, 3.63) is 84.4 Å². The van der Waals surface area contributed by atoms with Gasteiger partial charge >= 0.3 is 0 Å². The van der Waals surface area contributed by atoms with Gasteiger partial charge in [0.05, 0.1) is 24.3 Å². The highest BCUT2D eigenvalue weighted by Crippen LogP contribution is 2.33. The number of unbranched alkanes of at least 4 members (excludes halogenated alkanes) is 1. The summed E-state index contributed by atoms with van der Waals surface area (Å²) >= 11 is 0. The largest absolute Gasteiger partial charge is 0.497 e. The smallest absolute Gasteiger partial charge is 0.264 e. The number of ether oxygens (including phenoxy) is 2. The van der Waals surface area contributed by atoms with Gasteiger partial charge in [-0.25, -0.2) is 8.42 Å². The fourth-order valence-corrected chi connectivity index (χ4v) is 5.71. The van der Waals surface area contributed by atoms with Crippen molar-refractivity contribution in [3.8, 4) is 11.5 Å². The third-order valence-corrected chi connectivity index (χ3v) is 8.30. The molecule has 0 saturated carbocycles. The third-order valence-electron chi connectivity index (χ3n) is 6.53. The summed E-state index contributed by atoms with van der Waals surface area (Å²) in [5.74, 6) is 0.0690. The van der Waals surface area contributed by atoms with Crippen LogP contribution in [0.5, 0.6) is 11.5 Å². The molecule has 3 aromatic rings. The van der Waals surface area contributed by atoms with Crippen LogP contribution in [0.3, 0.4) is 0 Å². The van der Waals surface area contributed by atoms with Gasteiger partial charge in [0.25, 0.3) is 10.0 Å². The van der Waals surface area contributed by atoms with Crippen LogP contribution in [0.2, 0.25) is 0 Å². The summed E-state index contributed by atoms with van der Waals surface area (Å²) in [4.78, 5) is 28.6. The number of benzene rings is 3. The molecule has 2 amide bonds. The van der Waals surface area contributed by atoms with Crippen molar-refractivity contribution in [2.45, 2.75) is 51.1 Å². The van der Waals surface area contributed by atoms with Gasteiger partial charge in [-0.1, -0.05) is 55.8 Å². The van der Waals surface area contributed by atoms with Crippen LogP contribution in [0.4, 0.5) is 5.69 Å². The van der Waals surface area contributed by atoms with Crippen molar-refractivity contribution in [3.63, 3.8) is 0 Å². The van der Waals surface area contributed by atoms with Crippen LogP contribution >= 0.6 is 0 Å². The van der Waals surface area contributed by atoms with Crippen molar-refractivity contribution in [1.29, 1.82) is 0 Å². The lowest BCUT2D eigenvalue weighted by Crippen LogP contribution is -2.51. The van der Waals surface area contributed by atoms with Crippen LogP contribution < -0.4 is 19.1 Å². The van der Waals surface area contributed by atoms with E-state index in [9.17, 15) is 18.0 Å². The van der Waals surface area contributed by atoms with Crippen molar-refractivity contribution >= 4 is 27.5 Å². The van der Waals surface area contributed by atoms with Gasteiger partial charge in [-0.3, -0.25) is 13.9 Å². The van der Waals surface area contributed by atoms with Crippen molar-refractivity contribution in [2.75, 3.05) is 31.1 Å². The van der Waals surface area contributed by atoms with Crippen LogP contribution in [0.1, 0.15) is 39.2 Å². The second-order valence-electron chi connectivity index (χ2n) is 9.42. The molecule has 0 aliphatic heterocycles. The maximum absolute atomic E-state index is 14.1. The molecule has 0 spiro atoms. The summed E-state index contributed by atoms with van der Waals surface area (Å²) in [6.45, 7) is 5.78. The number of nitrogens with one attached hydrogen (secondary N) is 1. The number of carbonyl (C=O) groups is 2. The zero-order valence-electron chi connectivity index (χ0n) is 24.1. The molecule has 0 bridgehead atoms. The minimum Gasteiger partial charge on any atom is -0.497 e. The average Bonchev–Trinajstić information content (AvgIpc) is 2.99. The molecule has 41 heavy (non-hydrogen) atoms. The van der Waals surface area contributed by atoms with E-state index in [1.807, 2.05) is 13.0 Å². The monoisotopic (exact) mass is 581 g/mol. The summed E-state index contributed by atoms with van der Waals surface area (Å²) in [5, 5.41) is 2.88. The summed E-state index contributed by atoms with van der Waals surface area (Å²) < 4.78 is 40.1. The van der Waals surface area contributed by atoms with Crippen molar-refractivity contribution < 1.29 is 27.5 Å². The van der Waals surface area contributed by atoms with E-state index in [4.69, 9.17) is 9.47 Å². The molecule has 0 saturated heterocycles. The number of rotatable bonds is 15. The van der Waals surface area contributed by atoms with Crippen molar-refractivity contribution in [2.24, 2.45) is 0 Å². The normalized spacial score (nSPS) is 11.8. The molecule has 3 aromatic carbocycles. The highest BCUT2D eigenvalue weighted by molar-refractivity contribution is 7.92. The van der Waals surface area contributed by atoms with E-state index in [0.717, 1.165) is 22.7 Å². The first-order chi connectivity index (χ1) is 19.7. The van der Waals surface area contributed by atoms with Gasteiger partial charge in [0, 0.05) is 13.1 Å². The number of nitrogens with zero attached hydrogens (tertiary/aromatic N) is 2. The third kappa shape index (κ3) is 8.23. The van der Waals surface area contributed by atoms with E-state index >= 15 is 0 Å². The average molecular weight is 582 g/mol. The first-order valence-electron chi connectivity index (χ1n) is 13.7. The van der Waals surface area contributed by atoms with Crippen LogP contribution in [-0.2, 0) is 26.2 Å². The van der Waals surface area contributed by atoms with Crippen LogP contribution in [0.25, 0.3) is 0 Å². The lowest BCUT2D eigenvalue weighted by atomic mass is 10.1. The molecule has 0 aliphatic rings. The molecule has 0 fully saturated rings. The zero-order valence-corrected chi connectivity index (χ0v) is 24.9. The Balaban J connectivity index is 2.05. The van der Waals surface area contributed by atoms with Gasteiger partial charge in [0.15, 0.2) is 0 Å². The van der Waals surface area contributed by atoms with E-state index in [1.165, 1.54) is 17.0 Å². The number of hydrogen-bond donors (Lipinski definition) is 1. The standard InChI is InChI=1S/C31H39N3O6S/c1-5-7-20-32-31(36)24(3)33(22-25-14-13-15-26(21-25)39-4)30(35)23-34(28-18-11-12-19-29(28)40-6-2)41(37,38)27-16-9-8-10-17-27/h8-19,21,24H,5-7,20,22-23H2,1-4H3,(H,32,36). The fraction of sp³-hybridized carbons (Fsp3) is 0.355. The van der Waals surface area contributed by atoms with E-state index in [-0.39, 0.29) is 23.0 Å². The first-order valence-corrected chi connectivity index (χ1v) is 15.2. The molecule has 9 nitrogen and oxygen atoms in total. The van der Waals surface area contributed by atoms with Gasteiger partial charge in [0.2, 0.25) is 11.8 Å². The minimum atomic E-state index is -4.19. The fourth-order valence-electron chi connectivity index (χ4n) is 4.26. The maximum atomic E-state index is 14.1. The number of carbonyl (C=O) groups excluding carboxylic acids is 2. The Morgan fingerprint density at radius 1 is 0.951 bits per heavy atom. The Bertz CT molecular complexity index is 1400. The number of hydrogen-bond acceptors (Lipinski definition) is 6. The van der Waals surface area contributed by atoms with Crippen LogP contribution in [0.15, 0.2) is 83.8 Å². The van der Waals surface area contributed by atoms with E-state index < -0.39 is 28.5 Å². The molecule has 0 aromatic heterocycles. The van der Waals surface area contributed by atoms with Gasteiger partial charge in [0.1, 0.15) is 24.1 Å². The Kier molecular flexibility index (Phi) is 11.6. The van der Waals surface area contributed by atoms with Gasteiger partial charge in [-0.15, -0.1) is 0 Å². The molecule has 10 heteroatoms. The molecule has 1 unspecified atom stereocenters. The molecular formula is C31H39N3O6S. The second kappa shape index (κ2) is 15.1. The highest BCUT2D eigenvalue weighted by atomic mass is 32.2. The summed E-state index contributed by atoms with van der Waals surface area (Å²) in [6.07, 6.45) is 1.71. The lowest BCUT2D eigenvalue weighted by Gasteiger charge is -2.32. The van der Waals surface area contributed by atoms with Gasteiger partial charge in [-0.05, 0) is 62.2 Å². The molecule has 1 atom stereocenters. The van der Waals surface area contributed by atoms with Crippen LogP contribution in [-0.4, -0.2) is 58.0 Å². The zero-order chi connectivity index (χ0) is 29.8. The Hall–Kier alpha value is -4.05. The van der Waals surface area contributed by atoms with Crippen molar-refractivity contribution in [1.82, 2.24) is 10.2 Å². The minimum absolute atomic E-state index is 0.0313. The molecule has 1 N–H and O–H groups in total. The molecule has 0 heterocycles. The van der Waals surface area contributed by atoms with Gasteiger partial charge in [-0.2, -0.15) is 0 Å². The van der Waals surface area contributed by atoms with Crippen LogP contribution in [0, 0.1) is 0 Å². The molecule has 220 valence electrons. The summed E-state index contributed by atoms with van der Waals surface area (Å²) in [6, 6.07) is 20.9. The van der Waals surface area contributed by atoms with E-state index in [0.29, 0.717) is 24.7 Å². The Morgan fingerprint density at radius 2 is 1.66 bits per heavy atom. The summed E-state index contributed by atoms with van der Waals surface area (Å²) in [7, 11) is -2.64. The Labute approximate surface area is 243 Å². The predicted octanol–water partition coefficient (Wildman–Crippen LogP) is 4.62. The number of sulfonamides is 1. The number of methoxy groups -OCH3 is 1. The topological polar surface area (TPSA) is 105 Å².